The van der Waals surface area contributed by atoms with Gasteiger partial charge in [0.25, 0.3) is 0 Å². The van der Waals surface area contributed by atoms with E-state index in [9.17, 15) is 4.39 Å². The zero-order valence-corrected chi connectivity index (χ0v) is 9.58. The molecule has 0 spiro atoms. The van der Waals surface area contributed by atoms with Crippen molar-refractivity contribution in [3.8, 4) is 5.75 Å². The van der Waals surface area contributed by atoms with Crippen LogP contribution in [0.1, 0.15) is 31.2 Å². The molecule has 1 aliphatic carbocycles. The summed E-state index contributed by atoms with van der Waals surface area (Å²) in [5.74, 6) is 0.764. The number of hydrogen-bond donors (Lipinski definition) is 1. The quantitative estimate of drug-likeness (QED) is 0.836. The summed E-state index contributed by atoms with van der Waals surface area (Å²) in [5, 5.41) is 0. The van der Waals surface area contributed by atoms with Gasteiger partial charge in [0.1, 0.15) is 11.4 Å². The highest BCUT2D eigenvalue weighted by atomic mass is 19.1. The summed E-state index contributed by atoms with van der Waals surface area (Å²) < 4.78 is 19.7. The Bertz CT molecular complexity index is 341. The van der Waals surface area contributed by atoms with E-state index in [1.807, 2.05) is 24.3 Å². The minimum atomic E-state index is -1.19. The number of methoxy groups -OCH3 is 1. The van der Waals surface area contributed by atoms with Crippen molar-refractivity contribution in [1.82, 2.24) is 0 Å². The van der Waals surface area contributed by atoms with Gasteiger partial charge < -0.3 is 10.5 Å². The van der Waals surface area contributed by atoms with Crippen molar-refractivity contribution in [1.29, 1.82) is 0 Å². The Kier molecular flexibility index (Phi) is 3.15. The van der Waals surface area contributed by atoms with Crippen LogP contribution in [-0.2, 0) is 5.67 Å². The molecule has 0 saturated heterocycles. The number of benzene rings is 1. The molecule has 1 fully saturated rings. The molecule has 0 radical (unpaired) electrons. The molecule has 2 nitrogen and oxygen atoms in total. The largest absolute Gasteiger partial charge is 0.497 e. The van der Waals surface area contributed by atoms with Crippen molar-refractivity contribution in [3.63, 3.8) is 0 Å². The van der Waals surface area contributed by atoms with Crippen LogP contribution in [0.3, 0.4) is 0 Å². The molecule has 0 bridgehead atoms. The molecule has 0 heterocycles. The lowest BCUT2D eigenvalue weighted by molar-refractivity contribution is 0.0978. The molecule has 16 heavy (non-hydrogen) atoms. The van der Waals surface area contributed by atoms with E-state index in [1.165, 1.54) is 0 Å². The van der Waals surface area contributed by atoms with Gasteiger partial charge in [0.05, 0.1) is 7.11 Å². The van der Waals surface area contributed by atoms with Gasteiger partial charge in [-0.25, -0.2) is 4.39 Å². The third-order valence-electron chi connectivity index (χ3n) is 3.43. The van der Waals surface area contributed by atoms with Gasteiger partial charge in [0.15, 0.2) is 0 Å². The normalized spacial score (nSPS) is 30.1. The SMILES string of the molecule is COc1ccc(C2(F)CCC(N)CC2)cc1. The first-order chi connectivity index (χ1) is 7.64. The molecule has 2 N–H and O–H groups in total. The first-order valence-electron chi connectivity index (χ1n) is 5.73. The fourth-order valence-corrected chi connectivity index (χ4v) is 2.28. The molecule has 88 valence electrons. The summed E-state index contributed by atoms with van der Waals surface area (Å²) in [4.78, 5) is 0. The lowest BCUT2D eigenvalue weighted by Crippen LogP contribution is -2.33. The van der Waals surface area contributed by atoms with Crippen LogP contribution < -0.4 is 10.5 Å². The molecule has 0 amide bonds. The highest BCUT2D eigenvalue weighted by Gasteiger charge is 2.35. The van der Waals surface area contributed by atoms with E-state index in [4.69, 9.17) is 10.5 Å². The molecule has 0 atom stereocenters. The zero-order valence-electron chi connectivity index (χ0n) is 9.58. The van der Waals surface area contributed by atoms with Crippen molar-refractivity contribution in [2.45, 2.75) is 37.4 Å². The van der Waals surface area contributed by atoms with Gasteiger partial charge in [0, 0.05) is 6.04 Å². The van der Waals surface area contributed by atoms with Crippen LogP contribution in [-0.4, -0.2) is 13.2 Å². The van der Waals surface area contributed by atoms with Crippen molar-refractivity contribution >= 4 is 0 Å². The van der Waals surface area contributed by atoms with Crippen LogP contribution in [0.2, 0.25) is 0 Å². The number of ether oxygens (including phenoxy) is 1. The highest BCUT2D eigenvalue weighted by molar-refractivity contribution is 5.31. The predicted octanol–water partition coefficient (Wildman–Crippen LogP) is 2.76. The average Bonchev–Trinajstić information content (AvgIpc) is 2.33. The van der Waals surface area contributed by atoms with Crippen LogP contribution in [0.4, 0.5) is 4.39 Å². The minimum Gasteiger partial charge on any atom is -0.497 e. The fourth-order valence-electron chi connectivity index (χ4n) is 2.28. The molecule has 1 aromatic rings. The van der Waals surface area contributed by atoms with E-state index >= 15 is 0 Å². The molecule has 0 unspecified atom stereocenters. The van der Waals surface area contributed by atoms with E-state index in [1.54, 1.807) is 7.11 Å². The summed E-state index contributed by atoms with van der Waals surface area (Å²) in [6.07, 6.45) is 2.59. The second kappa shape index (κ2) is 4.42. The highest BCUT2D eigenvalue weighted by Crippen LogP contribution is 2.40. The third-order valence-corrected chi connectivity index (χ3v) is 3.43. The maximum atomic E-state index is 14.6. The molecule has 0 aromatic heterocycles. The second-order valence-electron chi connectivity index (χ2n) is 4.53. The van der Waals surface area contributed by atoms with Gasteiger partial charge in [-0.1, -0.05) is 12.1 Å². The number of rotatable bonds is 2. The summed E-state index contributed by atoms with van der Waals surface area (Å²) in [6.45, 7) is 0. The van der Waals surface area contributed by atoms with Gasteiger partial charge in [-0.15, -0.1) is 0 Å². The number of nitrogens with two attached hydrogens (primary N) is 1. The number of hydrogen-bond acceptors (Lipinski definition) is 2. The van der Waals surface area contributed by atoms with Crippen LogP contribution in [0.15, 0.2) is 24.3 Å². The number of alkyl halides is 1. The van der Waals surface area contributed by atoms with Crippen molar-refractivity contribution < 1.29 is 9.13 Å². The lowest BCUT2D eigenvalue weighted by atomic mass is 9.79. The van der Waals surface area contributed by atoms with E-state index < -0.39 is 5.67 Å². The lowest BCUT2D eigenvalue weighted by Gasteiger charge is -2.32. The first kappa shape index (κ1) is 11.4. The second-order valence-corrected chi connectivity index (χ2v) is 4.53. The standard InChI is InChI=1S/C13H18FNO/c1-16-12-4-2-10(3-5-12)13(14)8-6-11(15)7-9-13/h2-5,11H,6-9,15H2,1H3. The van der Waals surface area contributed by atoms with E-state index in [2.05, 4.69) is 0 Å². The minimum absolute atomic E-state index is 0.169. The molecular formula is C13H18FNO. The summed E-state index contributed by atoms with van der Waals surface area (Å²) in [5.41, 5.74) is 5.35. The Labute approximate surface area is 95.6 Å². The maximum Gasteiger partial charge on any atom is 0.136 e. The zero-order chi connectivity index (χ0) is 11.6. The Hall–Kier alpha value is -1.09. The maximum absolute atomic E-state index is 14.6. The molecule has 1 saturated carbocycles. The summed E-state index contributed by atoms with van der Waals surface area (Å²) in [6, 6.07) is 7.42. The van der Waals surface area contributed by atoms with Crippen molar-refractivity contribution in [2.75, 3.05) is 7.11 Å². The fraction of sp³-hybridized carbons (Fsp3) is 0.538. The summed E-state index contributed by atoms with van der Waals surface area (Å²) in [7, 11) is 1.61. The van der Waals surface area contributed by atoms with Crippen LogP contribution in [0.25, 0.3) is 0 Å². The van der Waals surface area contributed by atoms with Gasteiger partial charge >= 0.3 is 0 Å². The summed E-state index contributed by atoms with van der Waals surface area (Å²) >= 11 is 0. The molecule has 1 aliphatic rings. The van der Waals surface area contributed by atoms with Crippen LogP contribution in [0, 0.1) is 0 Å². The van der Waals surface area contributed by atoms with Gasteiger partial charge in [0.2, 0.25) is 0 Å². The van der Waals surface area contributed by atoms with E-state index in [-0.39, 0.29) is 6.04 Å². The third kappa shape index (κ3) is 2.19. The van der Waals surface area contributed by atoms with E-state index in [0.29, 0.717) is 12.8 Å². The Morgan fingerprint density at radius 3 is 2.31 bits per heavy atom. The topological polar surface area (TPSA) is 35.2 Å². The van der Waals surface area contributed by atoms with Gasteiger partial charge in [-0.05, 0) is 43.4 Å². The van der Waals surface area contributed by atoms with Gasteiger partial charge in [-0.2, -0.15) is 0 Å². The number of halogens is 1. The van der Waals surface area contributed by atoms with Crippen molar-refractivity contribution in [2.24, 2.45) is 5.73 Å². The average molecular weight is 223 g/mol. The predicted molar refractivity (Wildman–Crippen MR) is 62.2 cm³/mol. The monoisotopic (exact) mass is 223 g/mol. The van der Waals surface area contributed by atoms with Crippen molar-refractivity contribution in [3.05, 3.63) is 29.8 Å². The molecule has 1 aromatic carbocycles. The molecule has 3 heteroatoms. The van der Waals surface area contributed by atoms with Crippen LogP contribution >= 0.6 is 0 Å². The molecule has 2 rings (SSSR count). The van der Waals surface area contributed by atoms with Gasteiger partial charge in [-0.3, -0.25) is 0 Å². The first-order valence-corrected chi connectivity index (χ1v) is 5.73. The smallest absolute Gasteiger partial charge is 0.136 e. The Morgan fingerprint density at radius 2 is 1.81 bits per heavy atom. The van der Waals surface area contributed by atoms with E-state index in [0.717, 1.165) is 24.2 Å². The Balaban J connectivity index is 2.16. The van der Waals surface area contributed by atoms with Crippen LogP contribution in [0.5, 0.6) is 5.75 Å². The molecular weight excluding hydrogens is 205 g/mol. The Morgan fingerprint density at radius 1 is 1.25 bits per heavy atom. The molecule has 0 aliphatic heterocycles.